The molecule has 0 unspecified atom stereocenters. The summed E-state index contributed by atoms with van der Waals surface area (Å²) in [7, 11) is 0. The number of aromatic nitrogens is 3. The Morgan fingerprint density at radius 1 is 0.923 bits per heavy atom. The second-order valence-electron chi connectivity index (χ2n) is 7.08. The minimum Gasteiger partial charge on any atom is -0.367 e. The Labute approximate surface area is 152 Å². The number of rotatable bonds is 3. The summed E-state index contributed by atoms with van der Waals surface area (Å²) in [6.45, 7) is 3.83. The van der Waals surface area contributed by atoms with Crippen molar-refractivity contribution in [1.82, 2.24) is 14.4 Å². The Morgan fingerprint density at radius 3 is 2.31 bits per heavy atom. The highest BCUT2D eigenvalue weighted by Gasteiger charge is 2.26. The number of anilines is 2. The predicted octanol–water partition coefficient (Wildman–Crippen LogP) is 2.80. The molecule has 5 rings (SSSR count). The minimum atomic E-state index is 0.464. The Balaban J connectivity index is 1.30. The highest BCUT2D eigenvalue weighted by atomic mass is 15.3. The van der Waals surface area contributed by atoms with Gasteiger partial charge in [-0.1, -0.05) is 0 Å². The van der Waals surface area contributed by atoms with Gasteiger partial charge in [0.2, 0.25) is 0 Å². The van der Waals surface area contributed by atoms with E-state index in [4.69, 9.17) is 10.2 Å². The van der Waals surface area contributed by atoms with Gasteiger partial charge in [-0.25, -0.2) is 9.97 Å². The molecule has 2 aliphatic rings. The Morgan fingerprint density at radius 2 is 1.65 bits per heavy atom. The van der Waals surface area contributed by atoms with Crippen LogP contribution in [0.5, 0.6) is 0 Å². The van der Waals surface area contributed by atoms with E-state index in [1.54, 1.807) is 12.3 Å². The smallest absolute Gasteiger partial charge is 0.140 e. The first-order valence-electron chi connectivity index (χ1n) is 9.15. The van der Waals surface area contributed by atoms with Gasteiger partial charge >= 0.3 is 0 Å². The van der Waals surface area contributed by atoms with Crippen LogP contribution in [-0.4, -0.2) is 40.5 Å². The average molecular weight is 344 g/mol. The van der Waals surface area contributed by atoms with Crippen molar-refractivity contribution in [2.24, 2.45) is 0 Å². The molecule has 0 aromatic carbocycles. The van der Waals surface area contributed by atoms with Crippen LogP contribution in [0, 0.1) is 11.3 Å². The lowest BCUT2D eigenvalue weighted by Crippen LogP contribution is -2.46. The molecule has 6 nitrogen and oxygen atoms in total. The highest BCUT2D eigenvalue weighted by molar-refractivity contribution is 5.55. The normalized spacial score (nSPS) is 17.5. The van der Waals surface area contributed by atoms with Gasteiger partial charge in [-0.05, 0) is 37.1 Å². The second-order valence-corrected chi connectivity index (χ2v) is 7.08. The van der Waals surface area contributed by atoms with Crippen LogP contribution in [0.1, 0.15) is 30.1 Å². The molecule has 0 bridgehead atoms. The van der Waals surface area contributed by atoms with Crippen LogP contribution in [0.2, 0.25) is 0 Å². The number of hydrogen-bond donors (Lipinski definition) is 0. The van der Waals surface area contributed by atoms with Gasteiger partial charge in [0.05, 0.1) is 23.3 Å². The summed E-state index contributed by atoms with van der Waals surface area (Å²) in [6, 6.07) is 10.1. The lowest BCUT2D eigenvalue weighted by Gasteiger charge is -2.37. The van der Waals surface area contributed by atoms with E-state index in [9.17, 15) is 0 Å². The molecule has 26 heavy (non-hydrogen) atoms. The number of piperazine rings is 1. The summed E-state index contributed by atoms with van der Waals surface area (Å²) >= 11 is 0. The maximum absolute atomic E-state index is 8.87. The number of nitriles is 1. The molecule has 2 fully saturated rings. The highest BCUT2D eigenvalue weighted by Crippen LogP contribution is 2.39. The molecule has 3 aromatic heterocycles. The van der Waals surface area contributed by atoms with Gasteiger partial charge in [-0.15, -0.1) is 0 Å². The van der Waals surface area contributed by atoms with Gasteiger partial charge in [-0.2, -0.15) is 5.26 Å². The van der Waals surface area contributed by atoms with E-state index in [1.807, 2.05) is 6.07 Å². The van der Waals surface area contributed by atoms with Crippen molar-refractivity contribution in [1.29, 1.82) is 5.26 Å². The van der Waals surface area contributed by atoms with Gasteiger partial charge in [0.1, 0.15) is 17.4 Å². The third kappa shape index (κ3) is 2.76. The van der Waals surface area contributed by atoms with E-state index in [-0.39, 0.29) is 0 Å². The first-order valence-corrected chi connectivity index (χ1v) is 9.15. The summed E-state index contributed by atoms with van der Waals surface area (Å²) in [6.07, 6.45) is 8.75. The monoisotopic (exact) mass is 344 g/mol. The third-order valence-corrected chi connectivity index (χ3v) is 5.32. The molecule has 0 radical (unpaired) electrons. The van der Waals surface area contributed by atoms with Crippen LogP contribution in [0.4, 0.5) is 11.4 Å². The van der Waals surface area contributed by atoms with Crippen molar-refractivity contribution < 1.29 is 0 Å². The minimum absolute atomic E-state index is 0.464. The molecule has 0 spiro atoms. The van der Waals surface area contributed by atoms with Crippen molar-refractivity contribution in [3.05, 3.63) is 54.2 Å². The molecule has 0 amide bonds. The summed E-state index contributed by atoms with van der Waals surface area (Å²) in [4.78, 5) is 13.7. The molecule has 130 valence electrons. The maximum Gasteiger partial charge on any atom is 0.140 e. The van der Waals surface area contributed by atoms with Crippen LogP contribution in [0.15, 0.2) is 42.9 Å². The van der Waals surface area contributed by atoms with E-state index in [0.29, 0.717) is 11.6 Å². The molecule has 4 heterocycles. The van der Waals surface area contributed by atoms with Gasteiger partial charge in [0, 0.05) is 44.5 Å². The van der Waals surface area contributed by atoms with E-state index in [0.717, 1.165) is 37.5 Å². The zero-order valence-corrected chi connectivity index (χ0v) is 14.5. The summed E-state index contributed by atoms with van der Waals surface area (Å²) < 4.78 is 2.17. The van der Waals surface area contributed by atoms with Crippen molar-refractivity contribution in [2.45, 2.75) is 18.8 Å². The summed E-state index contributed by atoms with van der Waals surface area (Å²) in [5.41, 5.74) is 5.07. The Hall–Kier alpha value is -3.07. The molecular weight excluding hydrogens is 324 g/mol. The lowest BCUT2D eigenvalue weighted by atomic mass is 10.2. The maximum atomic E-state index is 8.87. The van der Waals surface area contributed by atoms with Gasteiger partial charge in [-0.3, -0.25) is 0 Å². The van der Waals surface area contributed by atoms with Crippen LogP contribution in [0.25, 0.3) is 5.65 Å². The lowest BCUT2D eigenvalue weighted by molar-refractivity contribution is 0.651. The number of fused-ring (bicyclic) bond motifs is 1. The van der Waals surface area contributed by atoms with Crippen LogP contribution >= 0.6 is 0 Å². The van der Waals surface area contributed by atoms with E-state index in [2.05, 4.69) is 49.8 Å². The van der Waals surface area contributed by atoms with Crippen molar-refractivity contribution in [3.8, 4) is 6.07 Å². The van der Waals surface area contributed by atoms with E-state index >= 15 is 0 Å². The first kappa shape index (κ1) is 15.2. The summed E-state index contributed by atoms with van der Waals surface area (Å²) in [5, 5.41) is 8.87. The standard InChI is InChI=1S/C20H20N6/c21-11-16-3-4-17(12-22-16)24-7-9-25(10-8-24)18-5-6-20-23-19(15-1-2-15)14-26(20)13-18/h3-6,12-15H,1-2,7-10H2. The zero-order valence-electron chi connectivity index (χ0n) is 14.5. The summed E-state index contributed by atoms with van der Waals surface area (Å²) in [5.74, 6) is 0.683. The SMILES string of the molecule is N#Cc1ccc(N2CCN(c3ccc4nc(C5CC5)cn4c3)CC2)cn1. The first-order chi connectivity index (χ1) is 12.8. The quantitative estimate of drug-likeness (QED) is 0.731. The average Bonchev–Trinajstić information content (AvgIpc) is 3.47. The van der Waals surface area contributed by atoms with E-state index in [1.165, 1.54) is 24.2 Å². The van der Waals surface area contributed by atoms with Gasteiger partial charge < -0.3 is 14.2 Å². The molecule has 1 aliphatic carbocycles. The molecule has 1 saturated heterocycles. The zero-order chi connectivity index (χ0) is 17.5. The van der Waals surface area contributed by atoms with Crippen LogP contribution in [-0.2, 0) is 0 Å². The fourth-order valence-corrected chi connectivity index (χ4v) is 3.62. The third-order valence-electron chi connectivity index (χ3n) is 5.32. The van der Waals surface area contributed by atoms with Crippen LogP contribution < -0.4 is 9.80 Å². The van der Waals surface area contributed by atoms with Crippen molar-refractivity contribution in [3.63, 3.8) is 0 Å². The molecule has 1 saturated carbocycles. The van der Waals surface area contributed by atoms with E-state index < -0.39 is 0 Å². The topological polar surface area (TPSA) is 60.5 Å². The molecule has 0 atom stereocenters. The molecule has 6 heteroatoms. The fourth-order valence-electron chi connectivity index (χ4n) is 3.62. The van der Waals surface area contributed by atoms with Gasteiger partial charge in [0.25, 0.3) is 0 Å². The van der Waals surface area contributed by atoms with Gasteiger partial charge in [0.15, 0.2) is 0 Å². The van der Waals surface area contributed by atoms with Crippen molar-refractivity contribution >= 4 is 17.0 Å². The number of imidazole rings is 1. The molecule has 1 aliphatic heterocycles. The van der Waals surface area contributed by atoms with Crippen LogP contribution in [0.3, 0.4) is 0 Å². The predicted molar refractivity (Wildman–Crippen MR) is 101 cm³/mol. The fraction of sp³-hybridized carbons (Fsp3) is 0.350. The number of hydrogen-bond acceptors (Lipinski definition) is 5. The second kappa shape index (κ2) is 6.03. The molecule has 3 aromatic rings. The largest absolute Gasteiger partial charge is 0.367 e. The number of nitrogens with zero attached hydrogens (tertiary/aromatic N) is 6. The van der Waals surface area contributed by atoms with Crippen molar-refractivity contribution in [2.75, 3.05) is 36.0 Å². The molecule has 0 N–H and O–H groups in total. The Kier molecular flexibility index (Phi) is 3.52. The molecular formula is C20H20N6. The number of pyridine rings is 2. The Bertz CT molecular complexity index is 972.